The molecule has 0 unspecified atom stereocenters. The van der Waals surface area contributed by atoms with E-state index < -0.39 is 11.9 Å². The van der Waals surface area contributed by atoms with E-state index in [-0.39, 0.29) is 36.1 Å². The molecule has 13 nitrogen and oxygen atoms in total. The van der Waals surface area contributed by atoms with Gasteiger partial charge in [-0.25, -0.2) is 4.39 Å². The van der Waals surface area contributed by atoms with Crippen molar-refractivity contribution in [3.63, 3.8) is 0 Å². The van der Waals surface area contributed by atoms with Crippen LogP contribution in [-0.4, -0.2) is 119 Å². The molecule has 3 aliphatic rings. The number of hydrogen-bond donors (Lipinski definition) is 5. The molecule has 2 fully saturated rings. The van der Waals surface area contributed by atoms with Gasteiger partial charge >= 0.3 is 0 Å². The number of amides is 5. The largest absolute Gasteiger partial charge is 0.391 e. The maximum Gasteiger partial charge on any atom is 0.256 e. The molecule has 14 heteroatoms. The highest BCUT2D eigenvalue weighted by molar-refractivity contribution is 6.35. The van der Waals surface area contributed by atoms with Crippen LogP contribution in [0.4, 0.5) is 10.1 Å². The van der Waals surface area contributed by atoms with Crippen LogP contribution in [0.5, 0.6) is 0 Å². The van der Waals surface area contributed by atoms with Gasteiger partial charge in [-0.05, 0) is 75.9 Å². The number of piperazine rings is 1. The van der Waals surface area contributed by atoms with Crippen molar-refractivity contribution in [2.24, 2.45) is 0 Å². The molecular formula is C36H48FN7O6. The van der Waals surface area contributed by atoms with Crippen molar-refractivity contribution in [2.45, 2.75) is 64.9 Å². The number of carbonyl (C=O) groups is 5. The molecule has 5 rings (SSSR count). The molecule has 4 heterocycles. The Bertz CT molecular complexity index is 1630. The summed E-state index contributed by atoms with van der Waals surface area (Å²) < 4.78 is 13.9. The number of anilines is 1. The number of fused-ring (bicyclic) bond motifs is 1. The van der Waals surface area contributed by atoms with Gasteiger partial charge in [0.25, 0.3) is 11.8 Å². The number of aliphatic hydroxyl groups is 1. The third-order valence-corrected chi connectivity index (χ3v) is 9.67. The Kier molecular flexibility index (Phi) is 12.4. The Labute approximate surface area is 291 Å². The molecule has 50 heavy (non-hydrogen) atoms. The van der Waals surface area contributed by atoms with Gasteiger partial charge in [0.1, 0.15) is 5.82 Å². The number of nitrogens with zero attached hydrogens (tertiary/aromatic N) is 3. The first-order valence-electron chi connectivity index (χ1n) is 17.5. The highest BCUT2D eigenvalue weighted by Crippen LogP contribution is 2.34. The van der Waals surface area contributed by atoms with Gasteiger partial charge in [-0.15, -0.1) is 0 Å². The van der Waals surface area contributed by atoms with Crippen molar-refractivity contribution in [2.75, 3.05) is 64.2 Å². The zero-order valence-electron chi connectivity index (χ0n) is 28.9. The number of halogens is 1. The molecule has 0 radical (unpaired) electrons. The summed E-state index contributed by atoms with van der Waals surface area (Å²) in [7, 11) is 0. The third-order valence-electron chi connectivity index (χ3n) is 9.67. The van der Waals surface area contributed by atoms with E-state index in [1.54, 1.807) is 11.0 Å². The first kappa shape index (κ1) is 36.7. The van der Waals surface area contributed by atoms with Gasteiger partial charge in [0.2, 0.25) is 17.7 Å². The predicted octanol–water partition coefficient (Wildman–Crippen LogP) is 2.19. The number of carbonyl (C=O) groups excluding carboxylic acids is 5. The molecule has 0 spiro atoms. The van der Waals surface area contributed by atoms with Crippen LogP contribution >= 0.6 is 0 Å². The van der Waals surface area contributed by atoms with Crippen LogP contribution in [0.2, 0.25) is 0 Å². The van der Waals surface area contributed by atoms with Crippen molar-refractivity contribution in [3.05, 3.63) is 52.1 Å². The second-order valence-corrected chi connectivity index (χ2v) is 13.3. The number of H-pyrrole nitrogens is 1. The van der Waals surface area contributed by atoms with Gasteiger partial charge in [-0.1, -0.05) is 6.42 Å². The number of benzene rings is 1. The predicted molar refractivity (Wildman–Crippen MR) is 186 cm³/mol. The molecule has 5 N–H and O–H groups in total. The fourth-order valence-electron chi connectivity index (χ4n) is 6.76. The van der Waals surface area contributed by atoms with Gasteiger partial charge < -0.3 is 35.8 Å². The number of hydrogen-bond acceptors (Lipinski definition) is 7. The highest BCUT2D eigenvalue weighted by Gasteiger charge is 2.27. The zero-order chi connectivity index (χ0) is 35.8. The number of likely N-dealkylation sites (tertiary alicyclic amines) is 1. The second kappa shape index (κ2) is 16.9. The molecule has 0 bridgehead atoms. The van der Waals surface area contributed by atoms with E-state index >= 15 is 0 Å². The molecule has 0 aliphatic carbocycles. The van der Waals surface area contributed by atoms with E-state index in [1.807, 2.05) is 18.7 Å². The van der Waals surface area contributed by atoms with Gasteiger partial charge in [0, 0.05) is 81.3 Å². The van der Waals surface area contributed by atoms with Crippen LogP contribution in [0, 0.1) is 19.7 Å². The van der Waals surface area contributed by atoms with E-state index in [1.165, 1.54) is 18.2 Å². The number of aromatic amines is 1. The van der Waals surface area contributed by atoms with Crippen molar-refractivity contribution < 1.29 is 33.5 Å². The lowest BCUT2D eigenvalue weighted by atomic mass is 10.0. The molecule has 2 aromatic rings. The lowest BCUT2D eigenvalue weighted by molar-refractivity contribution is -0.133. The van der Waals surface area contributed by atoms with E-state index in [2.05, 4.69) is 25.8 Å². The second-order valence-electron chi connectivity index (χ2n) is 13.3. The zero-order valence-corrected chi connectivity index (χ0v) is 28.9. The Balaban J connectivity index is 0.945. The molecular weight excluding hydrogens is 645 g/mol. The minimum Gasteiger partial charge on any atom is -0.391 e. The lowest BCUT2D eigenvalue weighted by Gasteiger charge is -2.34. The molecule has 0 saturated carbocycles. The van der Waals surface area contributed by atoms with Crippen molar-refractivity contribution >= 4 is 46.9 Å². The summed E-state index contributed by atoms with van der Waals surface area (Å²) >= 11 is 0. The van der Waals surface area contributed by atoms with Crippen LogP contribution in [0.1, 0.15) is 77.8 Å². The Morgan fingerprint density at radius 2 is 1.72 bits per heavy atom. The van der Waals surface area contributed by atoms with Crippen molar-refractivity contribution in [1.29, 1.82) is 0 Å². The molecule has 2 saturated heterocycles. The number of aryl methyl sites for hydroxylation is 1. The Morgan fingerprint density at radius 1 is 0.960 bits per heavy atom. The SMILES string of the molecule is Cc1[nH]c(/C=C2\C(=O)Nc3ccc(F)cc32)c(C)c1C(=O)NCCCN1CCN(C(=O)CCCCCC(=O)NCC(=O)N2CC[C@@H](O)C2)CC1. The summed E-state index contributed by atoms with van der Waals surface area (Å²) in [6.07, 6.45) is 5.37. The molecule has 1 atom stereocenters. The standard InChI is InChI=1S/C36H48FN7O6/c1-23-30(20-28-27-19-25(37)9-10-29(27)41-35(28)49)40-24(2)34(23)36(50)38-12-6-13-42-15-17-43(18-16-42)32(47)8-5-3-4-7-31(46)39-21-33(48)44-14-11-26(45)22-44/h9-10,19-20,26,40,45H,3-8,11-18,21-22H2,1-2H3,(H,38,50)(H,39,46)(H,41,49)/b28-20-/t26-/m1/s1. The van der Waals surface area contributed by atoms with Crippen molar-refractivity contribution in [1.82, 2.24) is 30.3 Å². The smallest absolute Gasteiger partial charge is 0.256 e. The number of unbranched alkanes of at least 4 members (excludes halogenated alkanes) is 2. The van der Waals surface area contributed by atoms with Crippen LogP contribution in [-0.2, 0) is 19.2 Å². The van der Waals surface area contributed by atoms with Gasteiger partial charge in [-0.2, -0.15) is 0 Å². The number of aromatic nitrogens is 1. The van der Waals surface area contributed by atoms with Gasteiger partial charge in [0.15, 0.2) is 0 Å². The normalized spacial score (nSPS) is 18.4. The van der Waals surface area contributed by atoms with E-state index in [9.17, 15) is 33.5 Å². The van der Waals surface area contributed by atoms with Gasteiger partial charge in [0.05, 0.1) is 23.8 Å². The van der Waals surface area contributed by atoms with Crippen molar-refractivity contribution in [3.8, 4) is 0 Å². The number of rotatable bonds is 14. The first-order chi connectivity index (χ1) is 24.0. The summed E-state index contributed by atoms with van der Waals surface area (Å²) in [5, 5.41) is 17.9. The monoisotopic (exact) mass is 693 g/mol. The average molecular weight is 694 g/mol. The number of nitrogens with one attached hydrogen (secondary N) is 4. The minimum absolute atomic E-state index is 0.0534. The average Bonchev–Trinajstić information content (AvgIpc) is 3.75. The highest BCUT2D eigenvalue weighted by atomic mass is 19.1. The topological polar surface area (TPSA) is 167 Å². The first-order valence-corrected chi connectivity index (χ1v) is 17.5. The summed E-state index contributed by atoms with van der Waals surface area (Å²) in [6, 6.07) is 4.15. The summed E-state index contributed by atoms with van der Waals surface area (Å²) in [4.78, 5) is 71.4. The molecule has 1 aromatic heterocycles. The summed E-state index contributed by atoms with van der Waals surface area (Å²) in [5.41, 5.74) is 3.91. The third kappa shape index (κ3) is 9.36. The van der Waals surface area contributed by atoms with E-state index in [4.69, 9.17) is 0 Å². The van der Waals surface area contributed by atoms with E-state index in [0.29, 0.717) is 104 Å². The molecule has 5 amide bonds. The quantitative estimate of drug-likeness (QED) is 0.149. The fraction of sp³-hybridized carbons (Fsp3) is 0.528. The van der Waals surface area contributed by atoms with Crippen LogP contribution in [0.25, 0.3) is 11.6 Å². The van der Waals surface area contributed by atoms with E-state index in [0.717, 1.165) is 32.5 Å². The molecule has 3 aliphatic heterocycles. The molecule has 1 aromatic carbocycles. The summed E-state index contributed by atoms with van der Waals surface area (Å²) in [5.74, 6) is -1.20. The number of aliphatic hydroxyl groups excluding tert-OH is 1. The molecule has 270 valence electrons. The fourth-order valence-corrected chi connectivity index (χ4v) is 6.76. The Hall–Kier alpha value is -4.56. The van der Waals surface area contributed by atoms with Gasteiger partial charge in [-0.3, -0.25) is 28.9 Å². The maximum absolute atomic E-state index is 13.9. The van der Waals surface area contributed by atoms with Crippen LogP contribution in [0.15, 0.2) is 18.2 Å². The van der Waals surface area contributed by atoms with Crippen LogP contribution in [0.3, 0.4) is 0 Å². The minimum atomic E-state index is -0.482. The number of β-amino-alcohol motifs (C(OH)–C–C–N with tert-alkyl or cyclic N) is 1. The summed E-state index contributed by atoms with van der Waals surface area (Å²) in [6.45, 7) is 8.55. The van der Waals surface area contributed by atoms with Crippen LogP contribution < -0.4 is 16.0 Å². The maximum atomic E-state index is 13.9. The lowest BCUT2D eigenvalue weighted by Crippen LogP contribution is -2.49. The Morgan fingerprint density at radius 3 is 2.46 bits per heavy atom.